The molecule has 160 valence electrons. The Hall–Kier alpha value is -4.19. The summed E-state index contributed by atoms with van der Waals surface area (Å²) >= 11 is 0. The summed E-state index contributed by atoms with van der Waals surface area (Å²) < 4.78 is 16.3. The Bertz CT molecular complexity index is 1260. The van der Waals surface area contributed by atoms with Crippen LogP contribution >= 0.6 is 0 Å². The Balaban J connectivity index is 1.39. The number of carbonyl (C=O) groups is 1. The maximum atomic E-state index is 12.6. The molecule has 0 saturated carbocycles. The molecule has 0 aromatic heterocycles. The second-order valence-electron chi connectivity index (χ2n) is 7.46. The summed E-state index contributed by atoms with van der Waals surface area (Å²) in [4.78, 5) is 12.6. The number of hydrogen-bond donors (Lipinski definition) is 2. The van der Waals surface area contributed by atoms with Crippen LogP contribution < -0.4 is 24.8 Å². The maximum absolute atomic E-state index is 12.6. The van der Waals surface area contributed by atoms with Gasteiger partial charge in [-0.05, 0) is 59.5 Å². The van der Waals surface area contributed by atoms with Crippen molar-refractivity contribution >= 4 is 28.1 Å². The number of ether oxygens (including phenoxy) is 3. The van der Waals surface area contributed by atoms with Crippen LogP contribution in [0.2, 0.25) is 0 Å². The number of hydrogen-bond acceptors (Lipinski definition) is 6. The second-order valence-corrected chi connectivity index (χ2v) is 7.46. The van der Waals surface area contributed by atoms with Gasteiger partial charge in [-0.3, -0.25) is 0 Å². The molecule has 1 heterocycles. The largest absolute Gasteiger partial charge is 0.497 e. The molecule has 0 radical (unpaired) electrons. The van der Waals surface area contributed by atoms with Crippen molar-refractivity contribution in [3.63, 3.8) is 0 Å². The highest BCUT2D eigenvalue weighted by Crippen LogP contribution is 2.40. The molecule has 2 N–H and O–H groups in total. The molecule has 0 atom stereocenters. The lowest BCUT2D eigenvalue weighted by Gasteiger charge is -2.30. The fraction of sp³-hybridized carbons (Fsp3) is 0.115. The molecule has 0 bridgehead atoms. The molecule has 32 heavy (non-hydrogen) atoms. The van der Waals surface area contributed by atoms with Crippen LogP contribution in [0.3, 0.4) is 0 Å². The van der Waals surface area contributed by atoms with Crippen molar-refractivity contribution in [3.05, 3.63) is 90.0 Å². The third-order valence-corrected chi connectivity index (χ3v) is 5.55. The van der Waals surface area contributed by atoms with Crippen molar-refractivity contribution in [1.82, 2.24) is 0 Å². The summed E-state index contributed by atoms with van der Waals surface area (Å²) in [7, 11) is 3.14. The van der Waals surface area contributed by atoms with Crippen LogP contribution in [0.15, 0.2) is 78.9 Å². The topological polar surface area (TPSA) is 68.8 Å². The molecule has 5 rings (SSSR count). The standard InChI is InChI=1S/C26H22N2O4/c1-30-19-12-9-17(10-13-19)26(29)32-22-14-11-18(15-23(22)31-2)25-27-20-7-3-5-16-6-4-8-21(28-25)24(16)20/h3-15,25,27-28H,1-2H3. The smallest absolute Gasteiger partial charge is 0.343 e. The van der Waals surface area contributed by atoms with E-state index in [9.17, 15) is 4.79 Å². The van der Waals surface area contributed by atoms with E-state index in [4.69, 9.17) is 14.2 Å². The van der Waals surface area contributed by atoms with Gasteiger partial charge in [0.15, 0.2) is 11.5 Å². The zero-order valence-corrected chi connectivity index (χ0v) is 17.7. The summed E-state index contributed by atoms with van der Waals surface area (Å²) in [5.41, 5.74) is 3.52. The average molecular weight is 426 g/mol. The van der Waals surface area contributed by atoms with Gasteiger partial charge >= 0.3 is 5.97 Å². The molecule has 0 saturated heterocycles. The van der Waals surface area contributed by atoms with Crippen LogP contribution in [0.25, 0.3) is 10.8 Å². The van der Waals surface area contributed by atoms with Crippen molar-refractivity contribution in [3.8, 4) is 17.2 Å². The lowest BCUT2D eigenvalue weighted by molar-refractivity contribution is 0.0729. The van der Waals surface area contributed by atoms with Crippen LogP contribution in [0.1, 0.15) is 22.1 Å². The van der Waals surface area contributed by atoms with E-state index in [1.807, 2.05) is 24.3 Å². The van der Waals surface area contributed by atoms with Gasteiger partial charge in [-0.15, -0.1) is 0 Å². The van der Waals surface area contributed by atoms with Gasteiger partial charge in [-0.1, -0.05) is 30.3 Å². The van der Waals surface area contributed by atoms with E-state index in [0.717, 1.165) is 16.9 Å². The van der Waals surface area contributed by atoms with E-state index in [-0.39, 0.29) is 6.17 Å². The van der Waals surface area contributed by atoms with Crippen LogP contribution in [-0.2, 0) is 0 Å². The second kappa shape index (κ2) is 8.15. The molecule has 0 spiro atoms. The minimum Gasteiger partial charge on any atom is -0.497 e. The number of anilines is 2. The highest BCUT2D eigenvalue weighted by Gasteiger charge is 2.22. The Morgan fingerprint density at radius 2 is 1.47 bits per heavy atom. The minimum atomic E-state index is -0.465. The molecule has 1 aliphatic rings. The molecule has 6 heteroatoms. The predicted octanol–water partition coefficient (Wildman–Crippen LogP) is 5.61. The zero-order chi connectivity index (χ0) is 22.1. The fourth-order valence-corrected chi connectivity index (χ4v) is 3.93. The van der Waals surface area contributed by atoms with Crippen molar-refractivity contribution in [1.29, 1.82) is 0 Å². The van der Waals surface area contributed by atoms with E-state index in [1.165, 1.54) is 10.8 Å². The van der Waals surface area contributed by atoms with Crippen LogP contribution in [-0.4, -0.2) is 20.2 Å². The van der Waals surface area contributed by atoms with Gasteiger partial charge in [-0.2, -0.15) is 0 Å². The van der Waals surface area contributed by atoms with Gasteiger partial charge < -0.3 is 24.8 Å². The number of carbonyl (C=O) groups excluding carboxylic acids is 1. The lowest BCUT2D eigenvalue weighted by Crippen LogP contribution is -2.23. The van der Waals surface area contributed by atoms with Crippen LogP contribution in [0, 0.1) is 0 Å². The number of esters is 1. The first kappa shape index (κ1) is 19.8. The molecule has 0 amide bonds. The molecular formula is C26H22N2O4. The third kappa shape index (κ3) is 3.56. The summed E-state index contributed by atoms with van der Waals surface area (Å²) in [5, 5.41) is 9.43. The van der Waals surface area contributed by atoms with Gasteiger partial charge in [0, 0.05) is 16.8 Å². The molecule has 0 fully saturated rings. The van der Waals surface area contributed by atoms with Gasteiger partial charge in [0.05, 0.1) is 19.8 Å². The summed E-state index contributed by atoms with van der Waals surface area (Å²) in [6, 6.07) is 24.7. The summed E-state index contributed by atoms with van der Waals surface area (Å²) in [5.74, 6) is 1.04. The number of methoxy groups -OCH3 is 2. The van der Waals surface area contributed by atoms with E-state index >= 15 is 0 Å². The van der Waals surface area contributed by atoms with Gasteiger partial charge in [0.2, 0.25) is 0 Å². The highest BCUT2D eigenvalue weighted by molar-refractivity contribution is 6.04. The zero-order valence-electron chi connectivity index (χ0n) is 17.7. The first-order valence-electron chi connectivity index (χ1n) is 10.3. The maximum Gasteiger partial charge on any atom is 0.343 e. The van der Waals surface area contributed by atoms with E-state index < -0.39 is 5.97 Å². The molecule has 0 aliphatic carbocycles. The summed E-state index contributed by atoms with van der Waals surface area (Å²) in [6.07, 6.45) is -0.157. The number of benzene rings is 4. The van der Waals surface area contributed by atoms with Gasteiger partial charge in [0.1, 0.15) is 11.9 Å². The average Bonchev–Trinajstić information content (AvgIpc) is 2.84. The molecule has 4 aromatic carbocycles. The monoisotopic (exact) mass is 426 g/mol. The number of rotatable bonds is 5. The molecule has 1 aliphatic heterocycles. The molecule has 4 aromatic rings. The van der Waals surface area contributed by atoms with E-state index in [0.29, 0.717) is 22.8 Å². The third-order valence-electron chi connectivity index (χ3n) is 5.55. The molecule has 0 unspecified atom stereocenters. The van der Waals surface area contributed by atoms with Crippen molar-refractivity contribution < 1.29 is 19.0 Å². The molecule has 6 nitrogen and oxygen atoms in total. The minimum absolute atomic E-state index is 0.157. The first-order valence-corrected chi connectivity index (χ1v) is 10.3. The van der Waals surface area contributed by atoms with Gasteiger partial charge in [-0.25, -0.2) is 4.79 Å². The predicted molar refractivity (Wildman–Crippen MR) is 125 cm³/mol. The van der Waals surface area contributed by atoms with Gasteiger partial charge in [0.25, 0.3) is 0 Å². The Labute approximate surface area is 185 Å². The van der Waals surface area contributed by atoms with Crippen molar-refractivity contribution in [2.45, 2.75) is 6.17 Å². The lowest BCUT2D eigenvalue weighted by atomic mass is 10.0. The normalized spacial score (nSPS) is 12.6. The van der Waals surface area contributed by atoms with Crippen LogP contribution in [0.4, 0.5) is 11.4 Å². The molecular weight excluding hydrogens is 404 g/mol. The van der Waals surface area contributed by atoms with Crippen LogP contribution in [0.5, 0.6) is 17.2 Å². The van der Waals surface area contributed by atoms with E-state index in [1.54, 1.807) is 44.6 Å². The summed E-state index contributed by atoms with van der Waals surface area (Å²) in [6.45, 7) is 0. The Kier molecular flexibility index (Phi) is 5.03. The van der Waals surface area contributed by atoms with Crippen molar-refractivity contribution in [2.24, 2.45) is 0 Å². The first-order chi connectivity index (χ1) is 15.7. The van der Waals surface area contributed by atoms with Crippen molar-refractivity contribution in [2.75, 3.05) is 24.9 Å². The quantitative estimate of drug-likeness (QED) is 0.319. The SMILES string of the molecule is COc1ccc(C(=O)Oc2ccc(C3Nc4cccc5cccc(c45)N3)cc2OC)cc1. The highest BCUT2D eigenvalue weighted by atomic mass is 16.6. The Morgan fingerprint density at radius 1 is 0.781 bits per heavy atom. The fourth-order valence-electron chi connectivity index (χ4n) is 3.93. The Morgan fingerprint density at radius 3 is 2.09 bits per heavy atom. The number of nitrogens with one attached hydrogen (secondary N) is 2. The van der Waals surface area contributed by atoms with E-state index in [2.05, 4.69) is 34.9 Å².